The first kappa shape index (κ1) is 9.78. The fourth-order valence-corrected chi connectivity index (χ4v) is 0.829. The molecular formula is C11H15NO. The second-order valence-electron chi connectivity index (χ2n) is 4.02. The first-order chi connectivity index (χ1) is 5.97. The molecule has 2 heteroatoms. The van der Waals surface area contributed by atoms with E-state index in [-0.39, 0.29) is 11.3 Å². The average Bonchev–Trinajstić information content (AvgIpc) is 2.02. The molecule has 0 aliphatic heterocycles. The molecule has 0 aromatic heterocycles. The first-order valence-corrected chi connectivity index (χ1v) is 4.32. The highest BCUT2D eigenvalue weighted by molar-refractivity contribution is 5.80. The standard InChI is InChI=1S/C11H15NO/c1-11(2,3)12-8-9-4-6-10(13)7-5-9/h4-8,13H,1-3H3/b12-8+. The van der Waals surface area contributed by atoms with Crippen molar-refractivity contribution in [3.8, 4) is 5.75 Å². The second-order valence-corrected chi connectivity index (χ2v) is 4.02. The van der Waals surface area contributed by atoms with Gasteiger partial charge in [0, 0.05) is 6.21 Å². The Kier molecular flexibility index (Phi) is 2.71. The lowest BCUT2D eigenvalue weighted by molar-refractivity contribution is 0.475. The van der Waals surface area contributed by atoms with Crippen molar-refractivity contribution in [1.82, 2.24) is 0 Å². The normalized spacial score (nSPS) is 12.2. The zero-order valence-electron chi connectivity index (χ0n) is 8.28. The van der Waals surface area contributed by atoms with Gasteiger partial charge in [-0.05, 0) is 50.6 Å². The van der Waals surface area contributed by atoms with Crippen LogP contribution in [0.5, 0.6) is 5.75 Å². The second kappa shape index (κ2) is 3.60. The summed E-state index contributed by atoms with van der Waals surface area (Å²) in [5.41, 5.74) is 0.963. The van der Waals surface area contributed by atoms with Crippen molar-refractivity contribution < 1.29 is 5.11 Å². The maximum absolute atomic E-state index is 9.04. The van der Waals surface area contributed by atoms with Gasteiger partial charge in [-0.2, -0.15) is 0 Å². The lowest BCUT2D eigenvalue weighted by Gasteiger charge is -2.10. The van der Waals surface area contributed by atoms with Crippen LogP contribution in [-0.4, -0.2) is 16.9 Å². The average molecular weight is 177 g/mol. The van der Waals surface area contributed by atoms with Gasteiger partial charge in [-0.3, -0.25) is 4.99 Å². The van der Waals surface area contributed by atoms with Gasteiger partial charge >= 0.3 is 0 Å². The van der Waals surface area contributed by atoms with Crippen LogP contribution in [0.15, 0.2) is 29.3 Å². The van der Waals surface area contributed by atoms with Crippen molar-refractivity contribution in [2.75, 3.05) is 0 Å². The van der Waals surface area contributed by atoms with E-state index in [4.69, 9.17) is 5.11 Å². The third kappa shape index (κ3) is 3.74. The summed E-state index contributed by atoms with van der Waals surface area (Å²) in [5, 5.41) is 9.04. The number of nitrogens with zero attached hydrogens (tertiary/aromatic N) is 1. The fourth-order valence-electron chi connectivity index (χ4n) is 0.829. The highest BCUT2D eigenvalue weighted by Crippen LogP contribution is 2.10. The molecule has 70 valence electrons. The van der Waals surface area contributed by atoms with Crippen molar-refractivity contribution in [1.29, 1.82) is 0 Å². The van der Waals surface area contributed by atoms with Crippen molar-refractivity contribution in [2.45, 2.75) is 26.3 Å². The summed E-state index contributed by atoms with van der Waals surface area (Å²) in [4.78, 5) is 4.35. The van der Waals surface area contributed by atoms with E-state index >= 15 is 0 Å². The SMILES string of the molecule is CC(C)(C)/N=C/c1ccc(O)cc1. The van der Waals surface area contributed by atoms with E-state index in [2.05, 4.69) is 4.99 Å². The van der Waals surface area contributed by atoms with E-state index in [1.807, 2.05) is 39.1 Å². The maximum atomic E-state index is 9.04. The van der Waals surface area contributed by atoms with Gasteiger partial charge in [0.2, 0.25) is 0 Å². The minimum atomic E-state index is -0.0438. The maximum Gasteiger partial charge on any atom is 0.115 e. The number of hydrogen-bond acceptors (Lipinski definition) is 2. The highest BCUT2D eigenvalue weighted by atomic mass is 16.3. The van der Waals surface area contributed by atoms with Crippen LogP contribution in [0.3, 0.4) is 0 Å². The van der Waals surface area contributed by atoms with Crippen LogP contribution in [-0.2, 0) is 0 Å². The molecule has 0 atom stereocenters. The van der Waals surface area contributed by atoms with E-state index < -0.39 is 0 Å². The number of benzene rings is 1. The van der Waals surface area contributed by atoms with E-state index in [0.29, 0.717) is 0 Å². The third-order valence-electron chi connectivity index (χ3n) is 1.49. The lowest BCUT2D eigenvalue weighted by Crippen LogP contribution is -2.09. The molecule has 0 aliphatic rings. The third-order valence-corrected chi connectivity index (χ3v) is 1.49. The Morgan fingerprint density at radius 2 is 1.69 bits per heavy atom. The molecule has 0 fully saturated rings. The largest absolute Gasteiger partial charge is 0.508 e. The summed E-state index contributed by atoms with van der Waals surface area (Å²) in [7, 11) is 0. The summed E-state index contributed by atoms with van der Waals surface area (Å²) in [5.74, 6) is 0.285. The van der Waals surface area contributed by atoms with Gasteiger partial charge in [-0.15, -0.1) is 0 Å². The van der Waals surface area contributed by atoms with E-state index in [9.17, 15) is 0 Å². The van der Waals surface area contributed by atoms with Gasteiger partial charge in [-0.1, -0.05) is 0 Å². The van der Waals surface area contributed by atoms with Gasteiger partial charge in [0.05, 0.1) is 5.54 Å². The van der Waals surface area contributed by atoms with E-state index in [1.165, 1.54) is 0 Å². The molecule has 1 N–H and O–H groups in total. The molecule has 0 spiro atoms. The zero-order chi connectivity index (χ0) is 9.90. The number of hydrogen-bond donors (Lipinski definition) is 1. The van der Waals surface area contributed by atoms with Gasteiger partial charge < -0.3 is 5.11 Å². The molecule has 0 saturated carbocycles. The summed E-state index contributed by atoms with van der Waals surface area (Å²) in [6.45, 7) is 6.14. The zero-order valence-corrected chi connectivity index (χ0v) is 8.28. The first-order valence-electron chi connectivity index (χ1n) is 4.32. The molecule has 0 bridgehead atoms. The Hall–Kier alpha value is -1.31. The minimum Gasteiger partial charge on any atom is -0.508 e. The van der Waals surface area contributed by atoms with Gasteiger partial charge in [0.1, 0.15) is 5.75 Å². The topological polar surface area (TPSA) is 32.6 Å². The number of aliphatic imine (C=N–C) groups is 1. The molecule has 1 aromatic carbocycles. The molecular weight excluding hydrogens is 162 g/mol. The Bertz CT molecular complexity index is 293. The molecule has 1 aromatic rings. The summed E-state index contributed by atoms with van der Waals surface area (Å²) in [6, 6.07) is 6.99. The number of rotatable bonds is 1. The molecule has 1 rings (SSSR count). The van der Waals surface area contributed by atoms with Crippen molar-refractivity contribution in [3.63, 3.8) is 0 Å². The number of aromatic hydroxyl groups is 1. The predicted octanol–water partition coefficient (Wildman–Crippen LogP) is 2.61. The molecule has 0 heterocycles. The van der Waals surface area contributed by atoms with E-state index in [0.717, 1.165) is 5.56 Å². The van der Waals surface area contributed by atoms with Crippen LogP contribution < -0.4 is 0 Å². The monoisotopic (exact) mass is 177 g/mol. The van der Waals surface area contributed by atoms with Gasteiger partial charge in [-0.25, -0.2) is 0 Å². The minimum absolute atomic E-state index is 0.0438. The summed E-state index contributed by atoms with van der Waals surface area (Å²) < 4.78 is 0. The number of phenolic OH excluding ortho intramolecular Hbond substituents is 1. The summed E-state index contributed by atoms with van der Waals surface area (Å²) >= 11 is 0. The molecule has 0 aliphatic carbocycles. The molecule has 13 heavy (non-hydrogen) atoms. The van der Waals surface area contributed by atoms with Crippen LogP contribution in [0.4, 0.5) is 0 Å². The lowest BCUT2D eigenvalue weighted by atomic mass is 10.1. The smallest absolute Gasteiger partial charge is 0.115 e. The van der Waals surface area contributed by atoms with Gasteiger partial charge in [0.25, 0.3) is 0 Å². The Morgan fingerprint density at radius 3 is 2.15 bits per heavy atom. The molecule has 2 nitrogen and oxygen atoms in total. The number of phenols is 1. The van der Waals surface area contributed by atoms with Gasteiger partial charge in [0.15, 0.2) is 0 Å². The molecule has 0 amide bonds. The van der Waals surface area contributed by atoms with Crippen LogP contribution in [0.2, 0.25) is 0 Å². The molecule has 0 saturated heterocycles. The van der Waals surface area contributed by atoms with E-state index in [1.54, 1.807) is 12.1 Å². The van der Waals surface area contributed by atoms with Crippen LogP contribution in [0.25, 0.3) is 0 Å². The van der Waals surface area contributed by atoms with Crippen LogP contribution in [0, 0.1) is 0 Å². The molecule has 0 unspecified atom stereocenters. The Balaban J connectivity index is 2.75. The van der Waals surface area contributed by atoms with Crippen molar-refractivity contribution >= 4 is 6.21 Å². The quantitative estimate of drug-likeness (QED) is 0.657. The predicted molar refractivity (Wildman–Crippen MR) is 55.5 cm³/mol. The Morgan fingerprint density at radius 1 is 1.15 bits per heavy atom. The van der Waals surface area contributed by atoms with Crippen LogP contribution in [0.1, 0.15) is 26.3 Å². The van der Waals surface area contributed by atoms with Crippen LogP contribution >= 0.6 is 0 Å². The van der Waals surface area contributed by atoms with Crippen molar-refractivity contribution in [3.05, 3.63) is 29.8 Å². The Labute approximate surface area is 78.9 Å². The highest BCUT2D eigenvalue weighted by Gasteiger charge is 2.04. The van der Waals surface area contributed by atoms with Crippen molar-refractivity contribution in [2.24, 2.45) is 4.99 Å². The molecule has 0 radical (unpaired) electrons. The summed E-state index contributed by atoms with van der Waals surface area (Å²) in [6.07, 6.45) is 1.82. The fraction of sp³-hybridized carbons (Fsp3) is 0.364.